The van der Waals surface area contributed by atoms with Crippen LogP contribution in [0.2, 0.25) is 0 Å². The van der Waals surface area contributed by atoms with Gasteiger partial charge in [0.25, 0.3) is 0 Å². The van der Waals surface area contributed by atoms with Gasteiger partial charge in [-0.1, -0.05) is 32.9 Å². The number of ether oxygens (including phenoxy) is 2. The molecule has 3 rings (SSSR count). The van der Waals surface area contributed by atoms with E-state index in [0.29, 0.717) is 23.3 Å². The van der Waals surface area contributed by atoms with Gasteiger partial charge >= 0.3 is 0 Å². The van der Waals surface area contributed by atoms with Crippen molar-refractivity contribution in [1.29, 1.82) is 0 Å². The Morgan fingerprint density at radius 1 is 0.893 bits per heavy atom. The quantitative estimate of drug-likeness (QED) is 0.644. The summed E-state index contributed by atoms with van der Waals surface area (Å²) in [5, 5.41) is 14.4. The van der Waals surface area contributed by atoms with Crippen LogP contribution in [0.1, 0.15) is 26.3 Å². The summed E-state index contributed by atoms with van der Waals surface area (Å²) in [6, 6.07) is 13.7. The highest BCUT2D eigenvalue weighted by Crippen LogP contribution is 2.31. The molecule has 0 aliphatic heterocycles. The van der Waals surface area contributed by atoms with Crippen molar-refractivity contribution in [3.8, 4) is 11.5 Å². The fourth-order valence-electron chi connectivity index (χ4n) is 2.64. The van der Waals surface area contributed by atoms with E-state index in [4.69, 9.17) is 9.47 Å². The molecule has 0 fully saturated rings. The van der Waals surface area contributed by atoms with Gasteiger partial charge in [0.1, 0.15) is 11.5 Å². The minimum atomic E-state index is 0.109. The van der Waals surface area contributed by atoms with Crippen LogP contribution in [-0.2, 0) is 5.41 Å². The number of nitrogens with zero attached hydrogens (tertiary/aromatic N) is 3. The van der Waals surface area contributed by atoms with Crippen LogP contribution in [0.3, 0.4) is 0 Å². The minimum absolute atomic E-state index is 0.109. The van der Waals surface area contributed by atoms with Crippen molar-refractivity contribution in [2.75, 3.05) is 24.9 Å². The number of benzene rings is 2. The summed E-state index contributed by atoms with van der Waals surface area (Å²) in [6.07, 6.45) is 1.55. The number of hydrogen-bond donors (Lipinski definition) is 2. The van der Waals surface area contributed by atoms with Crippen molar-refractivity contribution >= 4 is 23.1 Å². The number of methoxy groups -OCH3 is 2. The monoisotopic (exact) mass is 379 g/mol. The second kappa shape index (κ2) is 8.12. The highest BCUT2D eigenvalue weighted by atomic mass is 16.5. The Morgan fingerprint density at radius 2 is 1.64 bits per heavy atom. The molecular formula is C21H25N5O2. The molecule has 0 saturated carbocycles. The first-order chi connectivity index (χ1) is 13.4. The summed E-state index contributed by atoms with van der Waals surface area (Å²) in [6.45, 7) is 6.56. The van der Waals surface area contributed by atoms with Gasteiger partial charge in [0.05, 0.1) is 26.1 Å². The molecule has 0 aliphatic rings. The second-order valence-corrected chi connectivity index (χ2v) is 7.31. The van der Waals surface area contributed by atoms with Crippen molar-refractivity contribution in [2.45, 2.75) is 26.2 Å². The number of rotatable bonds is 6. The summed E-state index contributed by atoms with van der Waals surface area (Å²) < 4.78 is 10.6. The fraction of sp³-hybridized carbons (Fsp3) is 0.286. The standard InChI is InChI=1S/C21H25N5O2/c1-21(2,3)14-6-8-15(9-7-14)23-20-25-19(13-22-26-20)24-17-11-10-16(27-4)12-18(17)28-5/h6-13H,1-5H3,(H2,23,24,25,26). The Kier molecular flexibility index (Phi) is 5.63. The maximum atomic E-state index is 5.40. The van der Waals surface area contributed by atoms with Crippen molar-refractivity contribution in [3.63, 3.8) is 0 Å². The number of nitrogens with one attached hydrogen (secondary N) is 2. The summed E-state index contributed by atoms with van der Waals surface area (Å²) >= 11 is 0. The Labute approximate surface area is 165 Å². The van der Waals surface area contributed by atoms with Crippen molar-refractivity contribution in [3.05, 3.63) is 54.2 Å². The normalized spacial score (nSPS) is 11.0. The highest BCUT2D eigenvalue weighted by molar-refractivity contribution is 5.66. The molecule has 0 bridgehead atoms. The third-order valence-corrected chi connectivity index (χ3v) is 4.24. The molecule has 7 nitrogen and oxygen atoms in total. The van der Waals surface area contributed by atoms with Crippen LogP contribution in [0.4, 0.5) is 23.1 Å². The molecule has 0 radical (unpaired) electrons. The Balaban J connectivity index is 1.76. The minimum Gasteiger partial charge on any atom is -0.497 e. The van der Waals surface area contributed by atoms with Crippen LogP contribution in [0, 0.1) is 0 Å². The lowest BCUT2D eigenvalue weighted by molar-refractivity contribution is 0.395. The third-order valence-electron chi connectivity index (χ3n) is 4.24. The summed E-state index contributed by atoms with van der Waals surface area (Å²) in [5.74, 6) is 2.31. The molecule has 2 aromatic carbocycles. The predicted molar refractivity (Wildman–Crippen MR) is 111 cm³/mol. The number of hydrogen-bond acceptors (Lipinski definition) is 7. The average Bonchev–Trinajstić information content (AvgIpc) is 2.68. The van der Waals surface area contributed by atoms with Crippen molar-refractivity contribution < 1.29 is 9.47 Å². The summed E-state index contributed by atoms with van der Waals surface area (Å²) in [4.78, 5) is 4.47. The molecule has 0 aliphatic carbocycles. The van der Waals surface area contributed by atoms with Gasteiger partial charge in [-0.2, -0.15) is 10.1 Å². The molecule has 0 saturated heterocycles. The molecule has 28 heavy (non-hydrogen) atoms. The van der Waals surface area contributed by atoms with E-state index in [-0.39, 0.29) is 5.41 Å². The van der Waals surface area contributed by atoms with E-state index in [9.17, 15) is 0 Å². The molecule has 2 N–H and O–H groups in total. The van der Waals surface area contributed by atoms with E-state index >= 15 is 0 Å². The lowest BCUT2D eigenvalue weighted by atomic mass is 9.87. The zero-order chi connectivity index (χ0) is 20.1. The van der Waals surface area contributed by atoms with Gasteiger partial charge < -0.3 is 20.1 Å². The lowest BCUT2D eigenvalue weighted by Crippen LogP contribution is -2.10. The van der Waals surface area contributed by atoms with E-state index < -0.39 is 0 Å². The number of aromatic nitrogens is 3. The van der Waals surface area contributed by atoms with Crippen molar-refractivity contribution in [2.24, 2.45) is 0 Å². The Hall–Kier alpha value is -3.35. The zero-order valence-electron chi connectivity index (χ0n) is 16.8. The van der Waals surface area contributed by atoms with E-state index in [0.717, 1.165) is 11.4 Å². The van der Waals surface area contributed by atoms with Crippen LogP contribution in [0.15, 0.2) is 48.7 Å². The van der Waals surface area contributed by atoms with Crippen LogP contribution in [-0.4, -0.2) is 29.4 Å². The number of anilines is 4. The molecule has 1 heterocycles. The smallest absolute Gasteiger partial charge is 0.249 e. The summed E-state index contributed by atoms with van der Waals surface area (Å²) in [7, 11) is 3.22. The fourth-order valence-corrected chi connectivity index (χ4v) is 2.64. The summed E-state index contributed by atoms with van der Waals surface area (Å²) in [5.41, 5.74) is 3.02. The van der Waals surface area contributed by atoms with E-state index in [1.165, 1.54) is 5.56 Å². The molecule has 0 atom stereocenters. The van der Waals surface area contributed by atoms with E-state index in [1.54, 1.807) is 26.5 Å². The van der Waals surface area contributed by atoms with Gasteiger partial charge in [0.15, 0.2) is 5.82 Å². The van der Waals surface area contributed by atoms with Crippen LogP contribution >= 0.6 is 0 Å². The molecular weight excluding hydrogens is 354 g/mol. The van der Waals surface area contributed by atoms with Crippen LogP contribution in [0.5, 0.6) is 11.5 Å². The Morgan fingerprint density at radius 3 is 2.29 bits per heavy atom. The van der Waals surface area contributed by atoms with Gasteiger partial charge in [-0.05, 0) is 35.2 Å². The SMILES string of the molecule is COc1ccc(Nc2cnnc(Nc3ccc(C(C)(C)C)cc3)n2)c(OC)c1. The predicted octanol–water partition coefficient (Wildman–Crippen LogP) is 4.67. The van der Waals surface area contributed by atoms with Gasteiger partial charge in [-0.3, -0.25) is 0 Å². The molecule has 1 aromatic heterocycles. The topological polar surface area (TPSA) is 81.2 Å². The maximum absolute atomic E-state index is 5.40. The largest absolute Gasteiger partial charge is 0.497 e. The first kappa shape index (κ1) is 19.4. The second-order valence-electron chi connectivity index (χ2n) is 7.31. The van der Waals surface area contributed by atoms with Crippen molar-refractivity contribution in [1.82, 2.24) is 15.2 Å². The zero-order valence-corrected chi connectivity index (χ0v) is 16.8. The van der Waals surface area contributed by atoms with Gasteiger partial charge in [-0.15, -0.1) is 5.10 Å². The molecule has 0 spiro atoms. The van der Waals surface area contributed by atoms with Gasteiger partial charge in [0.2, 0.25) is 5.95 Å². The first-order valence-electron chi connectivity index (χ1n) is 8.95. The van der Waals surface area contributed by atoms with Gasteiger partial charge in [-0.25, -0.2) is 0 Å². The Bertz CT molecular complexity index is 936. The molecule has 0 amide bonds. The van der Waals surface area contributed by atoms with Gasteiger partial charge in [0, 0.05) is 11.8 Å². The maximum Gasteiger partial charge on any atom is 0.249 e. The molecule has 0 unspecified atom stereocenters. The molecule has 146 valence electrons. The van der Waals surface area contributed by atoms with Crippen LogP contribution in [0.25, 0.3) is 0 Å². The first-order valence-corrected chi connectivity index (χ1v) is 8.95. The molecule has 7 heteroatoms. The van der Waals surface area contributed by atoms with E-state index in [1.807, 2.05) is 24.3 Å². The van der Waals surface area contributed by atoms with Crippen LogP contribution < -0.4 is 20.1 Å². The average molecular weight is 379 g/mol. The van der Waals surface area contributed by atoms with E-state index in [2.05, 4.69) is 58.7 Å². The third kappa shape index (κ3) is 4.68. The highest BCUT2D eigenvalue weighted by Gasteiger charge is 2.13. The molecule has 3 aromatic rings. The lowest BCUT2D eigenvalue weighted by Gasteiger charge is -2.19.